The predicted octanol–water partition coefficient (Wildman–Crippen LogP) is 3.66. The molecule has 0 aliphatic heterocycles. The lowest BCUT2D eigenvalue weighted by molar-refractivity contribution is -0.0484. The number of hydrogen-bond donors (Lipinski definition) is 1. The molecule has 0 bridgehead atoms. The Hall–Kier alpha value is -1.23. The smallest absolute Gasteiger partial charge is 0.248 e. The van der Waals surface area contributed by atoms with E-state index < -0.39 is 17.8 Å². The summed E-state index contributed by atoms with van der Waals surface area (Å²) in [5.74, 6) is -2.53. The van der Waals surface area contributed by atoms with Crippen molar-refractivity contribution in [2.45, 2.75) is 37.6 Å². The van der Waals surface area contributed by atoms with Crippen LogP contribution in [0.15, 0.2) is 18.2 Å². The zero-order valence-corrected chi connectivity index (χ0v) is 10.8. The van der Waals surface area contributed by atoms with Crippen LogP contribution in [0.4, 0.5) is 13.2 Å². The van der Waals surface area contributed by atoms with Crippen LogP contribution in [-0.2, 0) is 0 Å². The van der Waals surface area contributed by atoms with Gasteiger partial charge in [-0.1, -0.05) is 0 Å². The van der Waals surface area contributed by atoms with Crippen LogP contribution >= 0.6 is 0 Å². The molecular weight excluding hydrogens is 255 g/mol. The van der Waals surface area contributed by atoms with Gasteiger partial charge in [-0.05, 0) is 37.0 Å². The minimum atomic E-state index is -2.58. The molecule has 1 aliphatic carbocycles. The largest absolute Gasteiger partial charge is 0.496 e. The van der Waals surface area contributed by atoms with E-state index in [0.717, 1.165) is 0 Å². The number of ether oxygens (including phenoxy) is 1. The van der Waals surface area contributed by atoms with E-state index in [4.69, 9.17) is 10.5 Å². The van der Waals surface area contributed by atoms with Crippen molar-refractivity contribution in [2.75, 3.05) is 7.11 Å². The van der Waals surface area contributed by atoms with E-state index in [-0.39, 0.29) is 18.8 Å². The highest BCUT2D eigenvalue weighted by atomic mass is 19.3. The topological polar surface area (TPSA) is 35.2 Å². The predicted molar refractivity (Wildman–Crippen MR) is 66.8 cm³/mol. The summed E-state index contributed by atoms with van der Waals surface area (Å²) < 4.78 is 44.7. The van der Waals surface area contributed by atoms with Crippen LogP contribution in [0.3, 0.4) is 0 Å². The number of alkyl halides is 2. The van der Waals surface area contributed by atoms with Crippen molar-refractivity contribution in [3.8, 4) is 5.75 Å². The molecule has 2 rings (SSSR count). The number of benzene rings is 1. The summed E-state index contributed by atoms with van der Waals surface area (Å²) in [7, 11) is 1.48. The van der Waals surface area contributed by atoms with Crippen molar-refractivity contribution in [3.05, 3.63) is 29.6 Å². The van der Waals surface area contributed by atoms with Crippen LogP contribution in [0.25, 0.3) is 0 Å². The first kappa shape index (κ1) is 14.2. The fourth-order valence-corrected chi connectivity index (χ4v) is 2.64. The second kappa shape index (κ2) is 5.41. The fourth-order valence-electron chi connectivity index (χ4n) is 2.64. The molecule has 5 heteroatoms. The van der Waals surface area contributed by atoms with Gasteiger partial charge < -0.3 is 10.5 Å². The van der Waals surface area contributed by atoms with Gasteiger partial charge in [0.25, 0.3) is 0 Å². The maximum atomic E-state index is 13.3. The van der Waals surface area contributed by atoms with Gasteiger partial charge >= 0.3 is 0 Å². The number of methoxy groups -OCH3 is 1. The Kier molecular flexibility index (Phi) is 4.04. The molecule has 1 saturated carbocycles. The van der Waals surface area contributed by atoms with E-state index in [9.17, 15) is 13.2 Å². The number of halogens is 3. The van der Waals surface area contributed by atoms with Crippen molar-refractivity contribution in [1.82, 2.24) is 0 Å². The second-order valence-electron chi connectivity index (χ2n) is 5.11. The van der Waals surface area contributed by atoms with Gasteiger partial charge in [-0.15, -0.1) is 0 Å². The maximum Gasteiger partial charge on any atom is 0.248 e. The first-order valence-electron chi connectivity index (χ1n) is 6.40. The lowest BCUT2D eigenvalue weighted by Crippen LogP contribution is -2.31. The molecule has 0 radical (unpaired) electrons. The van der Waals surface area contributed by atoms with Gasteiger partial charge in [-0.25, -0.2) is 13.2 Å². The molecule has 0 aromatic heterocycles. The summed E-state index contributed by atoms with van der Waals surface area (Å²) in [6, 6.07) is 3.67. The standard InChI is InChI=1S/C14H18F3NO/c1-19-12-3-2-10(15)8-11(12)13(18)9-4-6-14(16,17)7-5-9/h2-3,8-9,13H,4-7,18H2,1H3. The number of nitrogens with two attached hydrogens (primary N) is 1. The fraction of sp³-hybridized carbons (Fsp3) is 0.571. The third-order valence-corrected chi connectivity index (χ3v) is 3.82. The highest BCUT2D eigenvalue weighted by Crippen LogP contribution is 2.42. The molecular formula is C14H18F3NO. The van der Waals surface area contributed by atoms with E-state index in [1.807, 2.05) is 0 Å². The highest BCUT2D eigenvalue weighted by molar-refractivity contribution is 5.36. The lowest BCUT2D eigenvalue weighted by Gasteiger charge is -2.32. The summed E-state index contributed by atoms with van der Waals surface area (Å²) in [6.45, 7) is 0. The van der Waals surface area contributed by atoms with Gasteiger partial charge in [0.1, 0.15) is 11.6 Å². The van der Waals surface area contributed by atoms with Crippen LogP contribution in [0.1, 0.15) is 37.3 Å². The summed E-state index contributed by atoms with van der Waals surface area (Å²) in [5.41, 5.74) is 6.67. The summed E-state index contributed by atoms with van der Waals surface area (Å²) in [6.07, 6.45) is 0.410. The Balaban J connectivity index is 2.16. The minimum Gasteiger partial charge on any atom is -0.496 e. The van der Waals surface area contributed by atoms with Crippen LogP contribution < -0.4 is 10.5 Å². The number of hydrogen-bond acceptors (Lipinski definition) is 2. The second-order valence-corrected chi connectivity index (χ2v) is 5.11. The van der Waals surface area contributed by atoms with Crippen molar-refractivity contribution in [2.24, 2.45) is 11.7 Å². The average molecular weight is 273 g/mol. The Morgan fingerprint density at radius 3 is 2.53 bits per heavy atom. The molecule has 19 heavy (non-hydrogen) atoms. The lowest BCUT2D eigenvalue weighted by atomic mass is 9.80. The zero-order valence-electron chi connectivity index (χ0n) is 10.8. The Bertz CT molecular complexity index is 440. The molecule has 1 aliphatic rings. The minimum absolute atomic E-state index is 0.0599. The molecule has 0 saturated heterocycles. The molecule has 106 valence electrons. The molecule has 1 atom stereocenters. The average Bonchev–Trinajstić information content (AvgIpc) is 2.38. The molecule has 1 fully saturated rings. The van der Waals surface area contributed by atoms with Crippen molar-refractivity contribution < 1.29 is 17.9 Å². The van der Waals surface area contributed by atoms with Crippen molar-refractivity contribution >= 4 is 0 Å². The van der Waals surface area contributed by atoms with Gasteiger partial charge in [-0.3, -0.25) is 0 Å². The molecule has 0 spiro atoms. The Labute approximate surface area is 110 Å². The molecule has 0 amide bonds. The van der Waals surface area contributed by atoms with Gasteiger partial charge in [0.05, 0.1) is 7.11 Å². The third kappa shape index (κ3) is 3.21. The maximum absolute atomic E-state index is 13.3. The Morgan fingerprint density at radius 1 is 1.32 bits per heavy atom. The van der Waals surface area contributed by atoms with Gasteiger partial charge in [0, 0.05) is 24.4 Å². The first-order chi connectivity index (χ1) is 8.93. The Morgan fingerprint density at radius 2 is 1.95 bits per heavy atom. The van der Waals surface area contributed by atoms with E-state index in [1.165, 1.54) is 25.3 Å². The molecule has 1 aromatic rings. The summed E-state index contributed by atoms with van der Waals surface area (Å²) in [4.78, 5) is 0. The van der Waals surface area contributed by atoms with Gasteiger partial charge in [0.2, 0.25) is 5.92 Å². The van der Waals surface area contributed by atoms with Crippen LogP contribution in [0, 0.1) is 11.7 Å². The van der Waals surface area contributed by atoms with E-state index in [1.54, 1.807) is 0 Å². The van der Waals surface area contributed by atoms with E-state index in [0.29, 0.717) is 24.2 Å². The van der Waals surface area contributed by atoms with Crippen LogP contribution in [0.2, 0.25) is 0 Å². The third-order valence-electron chi connectivity index (χ3n) is 3.82. The normalized spacial score (nSPS) is 21.1. The molecule has 0 heterocycles. The van der Waals surface area contributed by atoms with E-state index >= 15 is 0 Å². The first-order valence-corrected chi connectivity index (χ1v) is 6.40. The van der Waals surface area contributed by atoms with Crippen molar-refractivity contribution in [3.63, 3.8) is 0 Å². The van der Waals surface area contributed by atoms with Crippen LogP contribution in [-0.4, -0.2) is 13.0 Å². The quantitative estimate of drug-likeness (QED) is 0.912. The molecule has 1 aromatic carbocycles. The summed E-state index contributed by atoms with van der Waals surface area (Å²) >= 11 is 0. The van der Waals surface area contributed by atoms with E-state index in [2.05, 4.69) is 0 Å². The monoisotopic (exact) mass is 273 g/mol. The summed E-state index contributed by atoms with van der Waals surface area (Å²) in [5, 5.41) is 0. The highest BCUT2D eigenvalue weighted by Gasteiger charge is 2.37. The SMILES string of the molecule is COc1ccc(F)cc1C(N)C1CCC(F)(F)CC1. The van der Waals surface area contributed by atoms with Crippen LogP contribution in [0.5, 0.6) is 5.75 Å². The van der Waals surface area contributed by atoms with Crippen molar-refractivity contribution in [1.29, 1.82) is 0 Å². The molecule has 1 unspecified atom stereocenters. The van der Waals surface area contributed by atoms with Gasteiger partial charge in [-0.2, -0.15) is 0 Å². The zero-order chi connectivity index (χ0) is 14.0. The number of rotatable bonds is 3. The molecule has 2 N–H and O–H groups in total. The molecule has 2 nitrogen and oxygen atoms in total. The van der Waals surface area contributed by atoms with Gasteiger partial charge in [0.15, 0.2) is 0 Å².